The number of aryl methyl sites for hydroxylation is 2. The van der Waals surface area contributed by atoms with Crippen LogP contribution in [0.15, 0.2) is 102 Å². The van der Waals surface area contributed by atoms with Gasteiger partial charge >= 0.3 is 0 Å². The second-order valence-corrected chi connectivity index (χ2v) is 13.9. The minimum Gasteiger partial charge on any atom is -0.352 e. The van der Waals surface area contributed by atoms with E-state index in [1.165, 1.54) is 17.0 Å². The number of amides is 2. The smallest absolute Gasteiger partial charge is 0.264 e. The molecule has 1 atom stereocenters. The number of hydrogen-bond acceptors (Lipinski definition) is 4. The Morgan fingerprint density at radius 2 is 1.49 bits per heavy atom. The van der Waals surface area contributed by atoms with E-state index in [1.807, 2.05) is 63.2 Å². The van der Waals surface area contributed by atoms with Gasteiger partial charge in [-0.3, -0.25) is 13.9 Å². The molecule has 7 nitrogen and oxygen atoms in total. The van der Waals surface area contributed by atoms with Crippen LogP contribution in [0.1, 0.15) is 36.1 Å². The largest absolute Gasteiger partial charge is 0.352 e. The van der Waals surface area contributed by atoms with Crippen LogP contribution in [-0.2, 0) is 32.6 Å². The predicted octanol–water partition coefficient (Wildman–Crippen LogP) is 6.97. The van der Waals surface area contributed by atoms with Crippen LogP contribution in [0.3, 0.4) is 0 Å². The first kappa shape index (κ1) is 34.0. The van der Waals surface area contributed by atoms with Crippen molar-refractivity contribution in [2.75, 3.05) is 10.8 Å². The summed E-state index contributed by atoms with van der Waals surface area (Å²) in [6.45, 7) is 6.74. The van der Waals surface area contributed by atoms with E-state index in [0.717, 1.165) is 15.4 Å². The number of hydrogen-bond donors (Lipinski definition) is 1. The third kappa shape index (κ3) is 8.66. The Kier molecular flexibility index (Phi) is 11.3. The van der Waals surface area contributed by atoms with Gasteiger partial charge in [0.15, 0.2) is 0 Å². The molecule has 0 aliphatic carbocycles. The molecule has 0 saturated heterocycles. The number of carbonyl (C=O) groups excluding carboxylic acids is 2. The van der Waals surface area contributed by atoms with E-state index >= 15 is 0 Å². The first-order valence-electron chi connectivity index (χ1n) is 14.6. The molecule has 0 heterocycles. The number of nitrogens with zero attached hydrogens (tertiary/aromatic N) is 2. The van der Waals surface area contributed by atoms with E-state index in [4.69, 9.17) is 23.2 Å². The molecule has 0 bridgehead atoms. The second-order valence-electron chi connectivity index (χ2n) is 11.2. The number of halogens is 2. The standard InChI is InChI=1S/C35H37Cl2N3O4S/c1-24(2)38-35(42)33(20-27-11-7-5-8-12-27)39(22-28-17-18-29(36)21-31(28)37)34(41)23-40(32-19-25(3)15-16-26(32)4)45(43,44)30-13-9-6-10-14-30/h5-19,21,24,33H,20,22-23H2,1-4H3,(H,38,42). The summed E-state index contributed by atoms with van der Waals surface area (Å²) in [4.78, 5) is 29.9. The Morgan fingerprint density at radius 1 is 0.844 bits per heavy atom. The summed E-state index contributed by atoms with van der Waals surface area (Å²) in [5.41, 5.74) is 3.29. The van der Waals surface area contributed by atoms with Gasteiger partial charge in [0.05, 0.1) is 10.6 Å². The fraction of sp³-hybridized carbons (Fsp3) is 0.257. The van der Waals surface area contributed by atoms with Crippen LogP contribution < -0.4 is 9.62 Å². The molecule has 4 rings (SSSR count). The van der Waals surface area contributed by atoms with Gasteiger partial charge in [0.1, 0.15) is 12.6 Å². The fourth-order valence-electron chi connectivity index (χ4n) is 4.99. The highest BCUT2D eigenvalue weighted by molar-refractivity contribution is 7.92. The molecule has 45 heavy (non-hydrogen) atoms. The average molecular weight is 667 g/mol. The van der Waals surface area contributed by atoms with E-state index < -0.39 is 28.5 Å². The minimum absolute atomic E-state index is 0.0457. The normalized spacial score (nSPS) is 12.1. The molecule has 10 heteroatoms. The Balaban J connectivity index is 1.85. The zero-order chi connectivity index (χ0) is 32.7. The molecule has 1 N–H and O–H groups in total. The molecule has 4 aromatic rings. The van der Waals surface area contributed by atoms with Gasteiger partial charge in [0.2, 0.25) is 11.8 Å². The fourth-order valence-corrected chi connectivity index (χ4v) is 6.95. The van der Waals surface area contributed by atoms with Crippen LogP contribution in [0.5, 0.6) is 0 Å². The molecule has 1 unspecified atom stereocenters. The van der Waals surface area contributed by atoms with Crippen molar-refractivity contribution in [3.63, 3.8) is 0 Å². The summed E-state index contributed by atoms with van der Waals surface area (Å²) in [5, 5.41) is 3.70. The highest BCUT2D eigenvalue weighted by Gasteiger charge is 2.35. The van der Waals surface area contributed by atoms with Crippen molar-refractivity contribution in [3.8, 4) is 0 Å². The molecule has 0 aliphatic heterocycles. The maximum absolute atomic E-state index is 14.6. The maximum Gasteiger partial charge on any atom is 0.264 e. The maximum atomic E-state index is 14.6. The summed E-state index contributed by atoms with van der Waals surface area (Å²) in [7, 11) is -4.19. The van der Waals surface area contributed by atoms with Gasteiger partial charge in [0, 0.05) is 29.1 Å². The van der Waals surface area contributed by atoms with Gasteiger partial charge < -0.3 is 10.2 Å². The van der Waals surface area contributed by atoms with Gasteiger partial charge in [-0.05, 0) is 80.3 Å². The van der Waals surface area contributed by atoms with Crippen molar-refractivity contribution in [1.82, 2.24) is 10.2 Å². The van der Waals surface area contributed by atoms with E-state index in [1.54, 1.807) is 49.4 Å². The van der Waals surface area contributed by atoms with Gasteiger partial charge in [0.25, 0.3) is 10.0 Å². The van der Waals surface area contributed by atoms with Crippen molar-refractivity contribution in [2.45, 2.75) is 57.6 Å². The lowest BCUT2D eigenvalue weighted by atomic mass is 10.0. The zero-order valence-electron chi connectivity index (χ0n) is 25.7. The predicted molar refractivity (Wildman–Crippen MR) is 181 cm³/mol. The number of nitrogens with one attached hydrogen (secondary N) is 1. The monoisotopic (exact) mass is 665 g/mol. The van der Waals surface area contributed by atoms with Crippen LogP contribution >= 0.6 is 23.2 Å². The van der Waals surface area contributed by atoms with Crippen LogP contribution in [0.2, 0.25) is 10.0 Å². The molecule has 0 radical (unpaired) electrons. The van der Waals surface area contributed by atoms with Crippen LogP contribution in [0.25, 0.3) is 0 Å². The molecule has 2 amide bonds. The van der Waals surface area contributed by atoms with Crippen LogP contribution in [0, 0.1) is 13.8 Å². The average Bonchev–Trinajstić information content (AvgIpc) is 3.00. The van der Waals surface area contributed by atoms with Gasteiger partial charge in [-0.15, -0.1) is 0 Å². The first-order chi connectivity index (χ1) is 21.4. The summed E-state index contributed by atoms with van der Waals surface area (Å²) >= 11 is 12.7. The minimum atomic E-state index is -4.19. The summed E-state index contributed by atoms with van der Waals surface area (Å²) in [6.07, 6.45) is 0.200. The molecule has 0 aliphatic rings. The van der Waals surface area contributed by atoms with E-state index in [-0.39, 0.29) is 29.8 Å². The lowest BCUT2D eigenvalue weighted by molar-refractivity contribution is -0.140. The number of anilines is 1. The van der Waals surface area contributed by atoms with Crippen molar-refractivity contribution >= 4 is 50.7 Å². The van der Waals surface area contributed by atoms with Crippen LogP contribution in [-0.4, -0.2) is 43.8 Å². The highest BCUT2D eigenvalue weighted by atomic mass is 35.5. The zero-order valence-corrected chi connectivity index (χ0v) is 28.0. The third-order valence-electron chi connectivity index (χ3n) is 7.30. The van der Waals surface area contributed by atoms with Crippen molar-refractivity contribution in [2.24, 2.45) is 0 Å². The van der Waals surface area contributed by atoms with E-state index in [9.17, 15) is 18.0 Å². The third-order valence-corrected chi connectivity index (χ3v) is 9.66. The van der Waals surface area contributed by atoms with E-state index in [2.05, 4.69) is 5.32 Å². The Hall–Kier alpha value is -3.85. The number of carbonyl (C=O) groups is 2. The number of sulfonamides is 1. The van der Waals surface area contributed by atoms with Crippen molar-refractivity contribution in [3.05, 3.63) is 129 Å². The Morgan fingerprint density at radius 3 is 2.11 bits per heavy atom. The lowest BCUT2D eigenvalue weighted by Gasteiger charge is -2.34. The molecular formula is C35H37Cl2N3O4S. The van der Waals surface area contributed by atoms with Crippen molar-refractivity contribution in [1.29, 1.82) is 0 Å². The molecule has 0 aromatic heterocycles. The first-order valence-corrected chi connectivity index (χ1v) is 16.8. The number of rotatable bonds is 12. The molecule has 0 fully saturated rings. The Bertz CT molecular complexity index is 1750. The summed E-state index contributed by atoms with van der Waals surface area (Å²) < 4.78 is 29.5. The summed E-state index contributed by atoms with van der Waals surface area (Å²) in [5.74, 6) is -0.933. The quantitative estimate of drug-likeness (QED) is 0.177. The van der Waals surface area contributed by atoms with Crippen LogP contribution in [0.4, 0.5) is 5.69 Å². The molecule has 4 aromatic carbocycles. The highest BCUT2D eigenvalue weighted by Crippen LogP contribution is 2.29. The molecule has 0 saturated carbocycles. The second kappa shape index (κ2) is 15.0. The van der Waals surface area contributed by atoms with E-state index in [0.29, 0.717) is 26.9 Å². The summed E-state index contributed by atoms with van der Waals surface area (Å²) in [6, 6.07) is 26.6. The van der Waals surface area contributed by atoms with Gasteiger partial charge in [-0.2, -0.15) is 0 Å². The van der Waals surface area contributed by atoms with Gasteiger partial charge in [-0.1, -0.05) is 89.9 Å². The topological polar surface area (TPSA) is 86.8 Å². The number of benzene rings is 4. The Labute approximate surface area is 275 Å². The van der Waals surface area contributed by atoms with Crippen molar-refractivity contribution < 1.29 is 18.0 Å². The molecule has 236 valence electrons. The molecular weight excluding hydrogens is 629 g/mol. The SMILES string of the molecule is Cc1ccc(C)c(N(CC(=O)N(Cc2ccc(Cl)cc2Cl)C(Cc2ccccc2)C(=O)NC(C)C)S(=O)(=O)c2ccccc2)c1. The van der Waals surface area contributed by atoms with Gasteiger partial charge in [-0.25, -0.2) is 8.42 Å². The lowest BCUT2D eigenvalue weighted by Crippen LogP contribution is -2.54. The molecule has 0 spiro atoms.